The number of aromatic amines is 1. The Kier molecular flexibility index (Phi) is 1.30. The molecule has 2 aromatic heterocycles. The van der Waals surface area contributed by atoms with Crippen LogP contribution in [-0.2, 0) is 6.42 Å². The lowest BCUT2D eigenvalue weighted by Crippen LogP contribution is -2.13. The smallest absolute Gasteiger partial charge is 0.278 e. The Morgan fingerprint density at radius 2 is 2.43 bits per heavy atom. The minimum absolute atomic E-state index is 0.204. The largest absolute Gasteiger partial charge is 0.363 e. The lowest BCUT2D eigenvalue weighted by molar-refractivity contribution is 0.428. The summed E-state index contributed by atoms with van der Waals surface area (Å²) in [5, 5.41) is 7.44. The van der Waals surface area contributed by atoms with E-state index in [2.05, 4.69) is 15.5 Å². The average molecular weight is 189 g/mol. The van der Waals surface area contributed by atoms with Crippen molar-refractivity contribution in [1.82, 2.24) is 10.1 Å². The van der Waals surface area contributed by atoms with E-state index in [0.29, 0.717) is 5.52 Å². The fourth-order valence-corrected chi connectivity index (χ4v) is 1.64. The van der Waals surface area contributed by atoms with Gasteiger partial charge >= 0.3 is 0 Å². The maximum absolute atomic E-state index is 11.5. The molecule has 14 heavy (non-hydrogen) atoms. The molecule has 3 heterocycles. The molecular weight excluding hydrogens is 182 g/mol. The Hall–Kier alpha value is -2.04. The molecule has 0 spiro atoms. The highest BCUT2D eigenvalue weighted by molar-refractivity contribution is 5.91. The van der Waals surface area contributed by atoms with Crippen LogP contribution in [0.2, 0.25) is 0 Å². The van der Waals surface area contributed by atoms with Crippen molar-refractivity contribution in [3.63, 3.8) is 0 Å². The van der Waals surface area contributed by atoms with Crippen molar-refractivity contribution in [3.05, 3.63) is 34.6 Å². The minimum atomic E-state index is -0.204. The maximum Gasteiger partial charge on any atom is 0.278 e. The number of hydrogen-bond acceptors (Lipinski definition) is 4. The van der Waals surface area contributed by atoms with Gasteiger partial charge in [-0.05, 0) is 6.20 Å². The fraction of sp³-hybridized carbons (Fsp3) is 0.111. The predicted octanol–water partition coefficient (Wildman–Crippen LogP) is 0.998. The van der Waals surface area contributed by atoms with E-state index in [1.807, 2.05) is 12.3 Å². The van der Waals surface area contributed by atoms with Gasteiger partial charge in [0.2, 0.25) is 0 Å². The predicted molar refractivity (Wildman–Crippen MR) is 51.1 cm³/mol. The highest BCUT2D eigenvalue weighted by atomic mass is 16.5. The molecule has 3 rings (SSSR count). The highest BCUT2D eigenvalue weighted by Gasteiger charge is 2.14. The van der Waals surface area contributed by atoms with Crippen LogP contribution in [0.1, 0.15) is 5.69 Å². The summed E-state index contributed by atoms with van der Waals surface area (Å²) >= 11 is 0. The molecule has 5 nitrogen and oxygen atoms in total. The number of nitrogens with zero attached hydrogens (tertiary/aromatic N) is 1. The second-order valence-corrected chi connectivity index (χ2v) is 3.14. The summed E-state index contributed by atoms with van der Waals surface area (Å²) in [6.45, 7) is 0. The first-order chi connectivity index (χ1) is 6.86. The van der Waals surface area contributed by atoms with Gasteiger partial charge < -0.3 is 14.8 Å². The molecule has 0 radical (unpaired) electrons. The Morgan fingerprint density at radius 3 is 3.36 bits per heavy atom. The van der Waals surface area contributed by atoms with Gasteiger partial charge in [0.1, 0.15) is 6.26 Å². The molecule has 0 unspecified atom stereocenters. The fourth-order valence-electron chi connectivity index (χ4n) is 1.64. The van der Waals surface area contributed by atoms with Crippen LogP contribution in [0.5, 0.6) is 0 Å². The number of anilines is 1. The van der Waals surface area contributed by atoms with E-state index in [0.717, 1.165) is 23.2 Å². The van der Waals surface area contributed by atoms with Crippen molar-refractivity contribution in [1.29, 1.82) is 0 Å². The molecule has 0 aliphatic carbocycles. The third-order valence-corrected chi connectivity index (χ3v) is 2.29. The zero-order chi connectivity index (χ0) is 9.54. The van der Waals surface area contributed by atoms with Gasteiger partial charge in [-0.15, -0.1) is 0 Å². The third-order valence-electron chi connectivity index (χ3n) is 2.29. The van der Waals surface area contributed by atoms with Crippen molar-refractivity contribution >= 4 is 16.6 Å². The SMILES string of the molecule is O=c1[nH]c2c(c3conc13)NC=CC2. The first-order valence-corrected chi connectivity index (χ1v) is 4.27. The second kappa shape index (κ2) is 2.47. The molecule has 2 N–H and O–H groups in total. The summed E-state index contributed by atoms with van der Waals surface area (Å²) < 4.78 is 4.78. The van der Waals surface area contributed by atoms with E-state index >= 15 is 0 Å². The van der Waals surface area contributed by atoms with Crippen LogP contribution in [-0.4, -0.2) is 10.1 Å². The Balaban J connectivity index is 2.47. The maximum atomic E-state index is 11.5. The number of rotatable bonds is 0. The molecule has 5 heteroatoms. The first kappa shape index (κ1) is 7.37. The minimum Gasteiger partial charge on any atom is -0.363 e. The van der Waals surface area contributed by atoms with E-state index in [1.165, 1.54) is 6.26 Å². The van der Waals surface area contributed by atoms with Crippen LogP contribution in [0.3, 0.4) is 0 Å². The molecule has 0 fully saturated rings. The van der Waals surface area contributed by atoms with Crippen LogP contribution in [0.4, 0.5) is 5.69 Å². The summed E-state index contributed by atoms with van der Waals surface area (Å²) in [5.41, 5.74) is 1.88. The molecule has 0 amide bonds. The number of hydrogen-bond donors (Lipinski definition) is 2. The number of pyridine rings is 1. The molecule has 0 atom stereocenters. The third kappa shape index (κ3) is 0.834. The van der Waals surface area contributed by atoms with Gasteiger partial charge in [0.15, 0.2) is 5.52 Å². The number of aromatic nitrogens is 2. The number of H-pyrrole nitrogens is 1. The Labute approximate surface area is 78.4 Å². The molecular formula is C9H7N3O2. The zero-order valence-electron chi connectivity index (χ0n) is 7.20. The van der Waals surface area contributed by atoms with E-state index in [4.69, 9.17) is 4.52 Å². The van der Waals surface area contributed by atoms with Crippen molar-refractivity contribution < 1.29 is 4.52 Å². The van der Waals surface area contributed by atoms with E-state index in [1.54, 1.807) is 0 Å². The van der Waals surface area contributed by atoms with Crippen molar-refractivity contribution in [2.75, 3.05) is 5.32 Å². The lowest BCUT2D eigenvalue weighted by Gasteiger charge is -2.11. The van der Waals surface area contributed by atoms with Crippen LogP contribution < -0.4 is 10.9 Å². The van der Waals surface area contributed by atoms with Gasteiger partial charge in [-0.25, -0.2) is 0 Å². The summed E-state index contributed by atoms with van der Waals surface area (Å²) in [7, 11) is 0. The average Bonchev–Trinajstić information content (AvgIpc) is 2.67. The second-order valence-electron chi connectivity index (χ2n) is 3.14. The number of nitrogens with one attached hydrogen (secondary N) is 2. The van der Waals surface area contributed by atoms with Crippen molar-refractivity contribution in [2.45, 2.75) is 6.42 Å². The van der Waals surface area contributed by atoms with Crippen LogP contribution >= 0.6 is 0 Å². The number of allylic oxidation sites excluding steroid dienone is 1. The highest BCUT2D eigenvalue weighted by Crippen LogP contribution is 2.25. The molecule has 1 aliphatic heterocycles. The summed E-state index contributed by atoms with van der Waals surface area (Å²) in [6, 6.07) is 0. The molecule has 0 saturated heterocycles. The topological polar surface area (TPSA) is 70.9 Å². The molecule has 70 valence electrons. The Bertz CT molecular complexity index is 579. The summed E-state index contributed by atoms with van der Waals surface area (Å²) in [5.74, 6) is 0. The van der Waals surface area contributed by atoms with Gasteiger partial charge in [-0.3, -0.25) is 4.79 Å². The van der Waals surface area contributed by atoms with Crippen molar-refractivity contribution in [3.8, 4) is 0 Å². The number of fused-ring (bicyclic) bond motifs is 3. The van der Waals surface area contributed by atoms with Gasteiger partial charge in [0.05, 0.1) is 11.1 Å². The van der Waals surface area contributed by atoms with Gasteiger partial charge in [-0.2, -0.15) is 0 Å². The Morgan fingerprint density at radius 1 is 1.50 bits per heavy atom. The molecule has 0 saturated carbocycles. The first-order valence-electron chi connectivity index (χ1n) is 4.27. The molecule has 1 aliphatic rings. The van der Waals surface area contributed by atoms with Crippen LogP contribution in [0, 0.1) is 0 Å². The lowest BCUT2D eigenvalue weighted by atomic mass is 10.1. The van der Waals surface area contributed by atoms with E-state index in [-0.39, 0.29) is 5.56 Å². The van der Waals surface area contributed by atoms with E-state index in [9.17, 15) is 4.79 Å². The molecule has 2 aromatic rings. The van der Waals surface area contributed by atoms with E-state index < -0.39 is 0 Å². The monoisotopic (exact) mass is 189 g/mol. The quantitative estimate of drug-likeness (QED) is 0.648. The normalized spacial score (nSPS) is 14.0. The van der Waals surface area contributed by atoms with Gasteiger partial charge in [-0.1, -0.05) is 11.2 Å². The van der Waals surface area contributed by atoms with Crippen molar-refractivity contribution in [2.24, 2.45) is 0 Å². The van der Waals surface area contributed by atoms with Crippen LogP contribution in [0.15, 0.2) is 27.9 Å². The molecule has 0 aromatic carbocycles. The van der Waals surface area contributed by atoms with Gasteiger partial charge in [0, 0.05) is 12.1 Å². The molecule has 0 bridgehead atoms. The van der Waals surface area contributed by atoms with Gasteiger partial charge in [0.25, 0.3) is 5.56 Å². The van der Waals surface area contributed by atoms with Crippen LogP contribution in [0.25, 0.3) is 10.9 Å². The standard InChI is InChI=1S/C9H7N3O2/c13-9-8-5(4-14-12-8)7-6(11-9)2-1-3-10-7/h1,3-4,10H,2H2,(H,11,13). The summed E-state index contributed by atoms with van der Waals surface area (Å²) in [4.78, 5) is 14.2. The summed E-state index contributed by atoms with van der Waals surface area (Å²) in [6.07, 6.45) is 5.99. The zero-order valence-corrected chi connectivity index (χ0v) is 7.20.